The van der Waals surface area contributed by atoms with Gasteiger partial charge in [-0.15, -0.1) is 0 Å². The molecule has 2 amide bonds. The smallest absolute Gasteiger partial charge is 0.274 e. The molecule has 32 heavy (non-hydrogen) atoms. The highest BCUT2D eigenvalue weighted by Crippen LogP contribution is 2.35. The summed E-state index contributed by atoms with van der Waals surface area (Å²) in [5, 5.41) is 11.9. The molecule has 2 aliphatic rings. The summed E-state index contributed by atoms with van der Waals surface area (Å²) in [6.07, 6.45) is 6.20. The van der Waals surface area contributed by atoms with E-state index in [1.54, 1.807) is 17.7 Å². The van der Waals surface area contributed by atoms with Gasteiger partial charge in [-0.2, -0.15) is 0 Å². The molecule has 7 heteroatoms. The zero-order valence-corrected chi connectivity index (χ0v) is 18.9. The summed E-state index contributed by atoms with van der Waals surface area (Å²) in [4.78, 5) is 31.5. The van der Waals surface area contributed by atoms with E-state index < -0.39 is 5.91 Å². The summed E-state index contributed by atoms with van der Waals surface area (Å²) in [6.45, 7) is 7.16. The van der Waals surface area contributed by atoms with Gasteiger partial charge < -0.3 is 10.2 Å². The van der Waals surface area contributed by atoms with Crippen molar-refractivity contribution in [3.63, 3.8) is 0 Å². The van der Waals surface area contributed by atoms with Gasteiger partial charge in [0.15, 0.2) is 0 Å². The van der Waals surface area contributed by atoms with Crippen LogP contribution < -0.4 is 10.8 Å². The number of aromatic nitrogens is 1. The van der Waals surface area contributed by atoms with E-state index in [1.807, 2.05) is 24.3 Å². The molecular formula is C25H32N4O3. The van der Waals surface area contributed by atoms with Crippen LogP contribution in [0.4, 0.5) is 5.82 Å². The van der Waals surface area contributed by atoms with Crippen LogP contribution >= 0.6 is 0 Å². The molecular weight excluding hydrogens is 404 g/mol. The Balaban J connectivity index is 1.43. The van der Waals surface area contributed by atoms with E-state index in [2.05, 4.69) is 29.0 Å². The largest absolute Gasteiger partial charge is 0.310 e. The van der Waals surface area contributed by atoms with Crippen molar-refractivity contribution in [1.82, 2.24) is 15.4 Å². The van der Waals surface area contributed by atoms with E-state index in [1.165, 1.54) is 11.1 Å². The SMILES string of the molecule is CCN1CCC(C)(C(=O)Nc2cc(C3CCc4cc(C(=O)NO)ccc4C3)ccn2)CC1. The van der Waals surface area contributed by atoms with Crippen molar-refractivity contribution in [3.05, 3.63) is 58.8 Å². The predicted molar refractivity (Wildman–Crippen MR) is 123 cm³/mol. The second-order valence-corrected chi connectivity index (χ2v) is 9.29. The number of piperidine rings is 1. The molecule has 1 atom stereocenters. The minimum atomic E-state index is -0.487. The average Bonchev–Trinajstić information content (AvgIpc) is 2.83. The van der Waals surface area contributed by atoms with Crippen molar-refractivity contribution in [2.45, 2.75) is 51.9 Å². The third-order valence-electron chi connectivity index (χ3n) is 7.25. The Kier molecular flexibility index (Phi) is 6.58. The van der Waals surface area contributed by atoms with Gasteiger partial charge in [0, 0.05) is 17.2 Å². The van der Waals surface area contributed by atoms with Crippen LogP contribution in [0, 0.1) is 5.41 Å². The molecule has 1 fully saturated rings. The van der Waals surface area contributed by atoms with Crippen LogP contribution in [0.3, 0.4) is 0 Å². The van der Waals surface area contributed by atoms with Gasteiger partial charge in [0.25, 0.3) is 5.91 Å². The van der Waals surface area contributed by atoms with E-state index in [4.69, 9.17) is 5.21 Å². The summed E-state index contributed by atoms with van der Waals surface area (Å²) in [7, 11) is 0. The van der Waals surface area contributed by atoms with Crippen LogP contribution in [0.2, 0.25) is 0 Å². The average molecular weight is 437 g/mol. The Bertz CT molecular complexity index is 998. The number of benzene rings is 1. The van der Waals surface area contributed by atoms with Gasteiger partial charge in [0.1, 0.15) is 5.82 Å². The molecule has 1 aliphatic carbocycles. The van der Waals surface area contributed by atoms with E-state index in [0.717, 1.165) is 57.3 Å². The van der Waals surface area contributed by atoms with Crippen LogP contribution in [-0.2, 0) is 17.6 Å². The first kappa shape index (κ1) is 22.4. The first-order valence-electron chi connectivity index (χ1n) is 11.5. The Labute approximate surface area is 189 Å². The highest BCUT2D eigenvalue weighted by atomic mass is 16.5. The number of carbonyl (C=O) groups excluding carboxylic acids is 2. The predicted octanol–water partition coefficient (Wildman–Crippen LogP) is 3.53. The third kappa shape index (κ3) is 4.69. The van der Waals surface area contributed by atoms with Crippen molar-refractivity contribution in [3.8, 4) is 0 Å². The number of hydrogen-bond acceptors (Lipinski definition) is 5. The zero-order chi connectivity index (χ0) is 22.7. The molecule has 1 aliphatic heterocycles. The number of carbonyl (C=O) groups is 2. The Morgan fingerprint density at radius 2 is 1.97 bits per heavy atom. The molecule has 1 saturated heterocycles. The summed E-state index contributed by atoms with van der Waals surface area (Å²) >= 11 is 0. The van der Waals surface area contributed by atoms with Crippen LogP contribution in [0.15, 0.2) is 36.5 Å². The lowest BCUT2D eigenvalue weighted by Gasteiger charge is -2.37. The van der Waals surface area contributed by atoms with Crippen molar-refractivity contribution in [1.29, 1.82) is 0 Å². The van der Waals surface area contributed by atoms with Crippen molar-refractivity contribution < 1.29 is 14.8 Å². The lowest BCUT2D eigenvalue weighted by Crippen LogP contribution is -2.44. The molecule has 0 bridgehead atoms. The molecule has 4 rings (SSSR count). The molecule has 170 valence electrons. The number of aryl methyl sites for hydroxylation is 1. The fourth-order valence-corrected chi connectivity index (χ4v) is 4.87. The van der Waals surface area contributed by atoms with Gasteiger partial charge in [0.05, 0.1) is 0 Å². The number of hydroxylamine groups is 1. The molecule has 1 aromatic heterocycles. The molecule has 7 nitrogen and oxygen atoms in total. The molecule has 0 saturated carbocycles. The summed E-state index contributed by atoms with van der Waals surface area (Å²) in [6, 6.07) is 9.61. The Hall–Kier alpha value is -2.77. The van der Waals surface area contributed by atoms with E-state index in [-0.39, 0.29) is 11.3 Å². The number of pyridine rings is 1. The molecule has 0 radical (unpaired) electrons. The molecule has 1 unspecified atom stereocenters. The van der Waals surface area contributed by atoms with Gasteiger partial charge in [-0.05, 0) is 98.6 Å². The lowest BCUT2D eigenvalue weighted by atomic mass is 9.79. The normalized spacial score (nSPS) is 20.3. The highest BCUT2D eigenvalue weighted by molar-refractivity contribution is 5.94. The second kappa shape index (κ2) is 9.38. The van der Waals surface area contributed by atoms with Gasteiger partial charge in [0.2, 0.25) is 5.91 Å². The summed E-state index contributed by atoms with van der Waals surface area (Å²) in [5.74, 6) is 0.523. The number of amides is 2. The molecule has 2 aromatic rings. The minimum Gasteiger partial charge on any atom is -0.310 e. The zero-order valence-electron chi connectivity index (χ0n) is 18.9. The van der Waals surface area contributed by atoms with E-state index >= 15 is 0 Å². The van der Waals surface area contributed by atoms with Crippen LogP contribution in [0.1, 0.15) is 66.1 Å². The topological polar surface area (TPSA) is 94.6 Å². The summed E-state index contributed by atoms with van der Waals surface area (Å²) < 4.78 is 0. The van der Waals surface area contributed by atoms with Crippen molar-refractivity contribution >= 4 is 17.6 Å². The van der Waals surface area contributed by atoms with Gasteiger partial charge in [-0.25, -0.2) is 10.5 Å². The maximum Gasteiger partial charge on any atom is 0.274 e. The fourth-order valence-electron chi connectivity index (χ4n) is 4.87. The van der Waals surface area contributed by atoms with E-state index in [0.29, 0.717) is 17.3 Å². The Morgan fingerprint density at radius 3 is 2.69 bits per heavy atom. The maximum absolute atomic E-state index is 13.0. The third-order valence-corrected chi connectivity index (χ3v) is 7.25. The molecule has 0 spiro atoms. The number of anilines is 1. The number of nitrogens with one attached hydrogen (secondary N) is 2. The molecule has 3 N–H and O–H groups in total. The number of nitrogens with zero attached hydrogens (tertiary/aromatic N) is 2. The number of likely N-dealkylation sites (tertiary alicyclic amines) is 1. The number of rotatable bonds is 5. The molecule has 2 heterocycles. The van der Waals surface area contributed by atoms with Crippen LogP contribution in [0.25, 0.3) is 0 Å². The maximum atomic E-state index is 13.0. The lowest BCUT2D eigenvalue weighted by molar-refractivity contribution is -0.127. The fraction of sp³-hybridized carbons (Fsp3) is 0.480. The number of hydrogen-bond donors (Lipinski definition) is 3. The second-order valence-electron chi connectivity index (χ2n) is 9.29. The standard InChI is InChI=1S/C25H32N4O3/c1-3-29-12-9-25(2,10-13-29)24(31)27-22-16-20(8-11-26-22)18-4-5-19-15-21(23(30)28-32)7-6-17(19)14-18/h6-8,11,15-16,18,32H,3-5,9-10,12-14H2,1-2H3,(H,28,30)(H,26,27,31). The van der Waals surface area contributed by atoms with Gasteiger partial charge >= 0.3 is 0 Å². The van der Waals surface area contributed by atoms with Crippen LogP contribution in [-0.4, -0.2) is 46.5 Å². The highest BCUT2D eigenvalue weighted by Gasteiger charge is 2.36. The molecule has 1 aromatic carbocycles. The van der Waals surface area contributed by atoms with Gasteiger partial charge in [-0.1, -0.05) is 19.9 Å². The first-order chi connectivity index (χ1) is 15.4. The van der Waals surface area contributed by atoms with Crippen LogP contribution in [0.5, 0.6) is 0 Å². The van der Waals surface area contributed by atoms with Gasteiger partial charge in [-0.3, -0.25) is 14.8 Å². The first-order valence-corrected chi connectivity index (χ1v) is 11.5. The minimum absolute atomic E-state index is 0.0570. The monoisotopic (exact) mass is 436 g/mol. The quantitative estimate of drug-likeness (QED) is 0.492. The Morgan fingerprint density at radius 1 is 1.19 bits per heavy atom. The van der Waals surface area contributed by atoms with E-state index in [9.17, 15) is 9.59 Å². The number of fused-ring (bicyclic) bond motifs is 1. The summed E-state index contributed by atoms with van der Waals surface area (Å²) in [5.41, 5.74) is 5.34. The van der Waals surface area contributed by atoms with Crippen molar-refractivity contribution in [2.24, 2.45) is 5.41 Å². The van der Waals surface area contributed by atoms with Crippen molar-refractivity contribution in [2.75, 3.05) is 25.0 Å².